The van der Waals surface area contributed by atoms with Crippen LogP contribution in [0.1, 0.15) is 38.5 Å². The van der Waals surface area contributed by atoms with Crippen molar-refractivity contribution in [1.29, 1.82) is 0 Å². The first-order valence-corrected chi connectivity index (χ1v) is 6.79. The molecule has 3 fully saturated rings. The minimum Gasteiger partial charge on any atom is -0.317 e. The van der Waals surface area contributed by atoms with Crippen LogP contribution < -0.4 is 5.32 Å². The van der Waals surface area contributed by atoms with Gasteiger partial charge in [-0.3, -0.25) is 0 Å². The van der Waals surface area contributed by atoms with Crippen molar-refractivity contribution in [2.24, 2.45) is 11.3 Å². The Morgan fingerprint density at radius 1 is 1.13 bits per heavy atom. The molecule has 86 valence electrons. The van der Waals surface area contributed by atoms with Gasteiger partial charge in [-0.2, -0.15) is 0 Å². The molecule has 15 heavy (non-hydrogen) atoms. The van der Waals surface area contributed by atoms with Crippen LogP contribution in [0.5, 0.6) is 0 Å². The van der Waals surface area contributed by atoms with Crippen molar-refractivity contribution < 1.29 is 0 Å². The first kappa shape index (κ1) is 10.1. The highest BCUT2D eigenvalue weighted by Crippen LogP contribution is 2.39. The average molecular weight is 208 g/mol. The average Bonchev–Trinajstić information content (AvgIpc) is 3.03. The monoisotopic (exact) mass is 208 g/mol. The summed E-state index contributed by atoms with van der Waals surface area (Å²) in [6.45, 7) is 6.72. The van der Waals surface area contributed by atoms with Gasteiger partial charge in [-0.15, -0.1) is 0 Å². The standard InChI is InChI=1S/C13H24N2/c1-4-13(5-7-14-8-6-13)11-15(9-1)10-12-2-3-12/h12,14H,1-11H2. The lowest BCUT2D eigenvalue weighted by Crippen LogP contribution is -2.48. The number of rotatable bonds is 2. The molecule has 0 aromatic rings. The minimum absolute atomic E-state index is 0.707. The highest BCUT2D eigenvalue weighted by atomic mass is 15.1. The Labute approximate surface area is 93.4 Å². The Bertz CT molecular complexity index is 211. The second kappa shape index (κ2) is 4.06. The molecule has 0 radical (unpaired) electrons. The molecule has 2 nitrogen and oxygen atoms in total. The van der Waals surface area contributed by atoms with Gasteiger partial charge in [0.15, 0.2) is 0 Å². The van der Waals surface area contributed by atoms with Crippen LogP contribution in [0.3, 0.4) is 0 Å². The molecule has 3 rings (SSSR count). The van der Waals surface area contributed by atoms with Crippen molar-refractivity contribution in [3.8, 4) is 0 Å². The maximum atomic E-state index is 3.51. The lowest BCUT2D eigenvalue weighted by molar-refractivity contribution is 0.0570. The van der Waals surface area contributed by atoms with Crippen LogP contribution in [0, 0.1) is 11.3 Å². The van der Waals surface area contributed by atoms with Gasteiger partial charge in [-0.05, 0) is 69.5 Å². The number of piperidine rings is 2. The SMILES string of the molecule is C1CN(CC2CC2)CC2(C1)CCNCC2. The summed E-state index contributed by atoms with van der Waals surface area (Å²) in [6.07, 6.45) is 8.81. The molecule has 1 aliphatic carbocycles. The highest BCUT2D eigenvalue weighted by Gasteiger charge is 2.37. The zero-order valence-electron chi connectivity index (χ0n) is 9.80. The zero-order chi connectivity index (χ0) is 10.1. The van der Waals surface area contributed by atoms with Crippen LogP contribution >= 0.6 is 0 Å². The molecule has 3 aliphatic rings. The van der Waals surface area contributed by atoms with Crippen LogP contribution in [0.15, 0.2) is 0 Å². The molecule has 0 atom stereocenters. The van der Waals surface area contributed by atoms with Gasteiger partial charge in [-0.1, -0.05) is 0 Å². The second-order valence-electron chi connectivity index (χ2n) is 6.03. The van der Waals surface area contributed by atoms with Crippen LogP contribution in [0.2, 0.25) is 0 Å². The topological polar surface area (TPSA) is 15.3 Å². The number of hydrogen-bond acceptors (Lipinski definition) is 2. The minimum atomic E-state index is 0.707. The molecule has 0 amide bonds. The van der Waals surface area contributed by atoms with Gasteiger partial charge in [0.25, 0.3) is 0 Å². The van der Waals surface area contributed by atoms with E-state index in [1.54, 1.807) is 0 Å². The van der Waals surface area contributed by atoms with Crippen molar-refractivity contribution in [2.75, 3.05) is 32.7 Å². The predicted octanol–water partition coefficient (Wildman–Crippen LogP) is 1.86. The summed E-state index contributed by atoms with van der Waals surface area (Å²) in [4.78, 5) is 2.77. The van der Waals surface area contributed by atoms with Gasteiger partial charge in [0, 0.05) is 13.1 Å². The molecule has 2 heteroatoms. The Balaban J connectivity index is 1.58. The van der Waals surface area contributed by atoms with E-state index < -0.39 is 0 Å². The van der Waals surface area contributed by atoms with E-state index in [9.17, 15) is 0 Å². The van der Waals surface area contributed by atoms with E-state index in [1.165, 1.54) is 71.2 Å². The fraction of sp³-hybridized carbons (Fsp3) is 1.00. The lowest BCUT2D eigenvalue weighted by Gasteiger charge is -2.45. The van der Waals surface area contributed by atoms with E-state index in [2.05, 4.69) is 10.2 Å². The maximum absolute atomic E-state index is 3.51. The number of likely N-dealkylation sites (tertiary alicyclic amines) is 1. The number of hydrogen-bond donors (Lipinski definition) is 1. The van der Waals surface area contributed by atoms with Gasteiger partial charge in [-0.25, -0.2) is 0 Å². The molecule has 2 saturated heterocycles. The van der Waals surface area contributed by atoms with Crippen molar-refractivity contribution in [3.05, 3.63) is 0 Å². The Kier molecular flexibility index (Phi) is 2.73. The van der Waals surface area contributed by atoms with E-state index in [-0.39, 0.29) is 0 Å². The summed E-state index contributed by atoms with van der Waals surface area (Å²) in [5, 5.41) is 3.51. The molecule has 1 saturated carbocycles. The van der Waals surface area contributed by atoms with Crippen molar-refractivity contribution >= 4 is 0 Å². The van der Waals surface area contributed by atoms with Crippen LogP contribution in [0.4, 0.5) is 0 Å². The first-order chi connectivity index (χ1) is 7.36. The predicted molar refractivity (Wildman–Crippen MR) is 62.9 cm³/mol. The highest BCUT2D eigenvalue weighted by molar-refractivity contribution is 4.92. The molecule has 0 unspecified atom stereocenters. The molecule has 0 aromatic carbocycles. The van der Waals surface area contributed by atoms with Crippen molar-refractivity contribution in [3.63, 3.8) is 0 Å². The lowest BCUT2D eigenvalue weighted by atomic mass is 9.73. The van der Waals surface area contributed by atoms with Gasteiger partial charge in [0.1, 0.15) is 0 Å². The molecule has 2 aliphatic heterocycles. The van der Waals surface area contributed by atoms with Crippen LogP contribution in [-0.4, -0.2) is 37.6 Å². The third-order valence-electron chi connectivity index (χ3n) is 4.62. The fourth-order valence-corrected chi connectivity index (χ4v) is 3.50. The molecular formula is C13H24N2. The normalized spacial score (nSPS) is 32.0. The third kappa shape index (κ3) is 2.36. The van der Waals surface area contributed by atoms with E-state index in [0.717, 1.165) is 5.92 Å². The summed E-state index contributed by atoms with van der Waals surface area (Å²) < 4.78 is 0. The van der Waals surface area contributed by atoms with Crippen molar-refractivity contribution in [2.45, 2.75) is 38.5 Å². The Morgan fingerprint density at radius 2 is 1.93 bits per heavy atom. The van der Waals surface area contributed by atoms with E-state index >= 15 is 0 Å². The molecule has 1 spiro atoms. The summed E-state index contributed by atoms with van der Waals surface area (Å²) in [6, 6.07) is 0. The summed E-state index contributed by atoms with van der Waals surface area (Å²) in [5.41, 5.74) is 0.707. The second-order valence-corrected chi connectivity index (χ2v) is 6.03. The number of nitrogens with one attached hydrogen (secondary N) is 1. The van der Waals surface area contributed by atoms with Gasteiger partial charge in [0.05, 0.1) is 0 Å². The zero-order valence-corrected chi connectivity index (χ0v) is 9.80. The first-order valence-electron chi connectivity index (χ1n) is 6.79. The number of nitrogens with zero attached hydrogens (tertiary/aromatic N) is 1. The fourth-order valence-electron chi connectivity index (χ4n) is 3.50. The van der Waals surface area contributed by atoms with Crippen LogP contribution in [0.25, 0.3) is 0 Å². The van der Waals surface area contributed by atoms with E-state index in [4.69, 9.17) is 0 Å². The van der Waals surface area contributed by atoms with Crippen LogP contribution in [-0.2, 0) is 0 Å². The summed E-state index contributed by atoms with van der Waals surface area (Å²) in [5.74, 6) is 1.07. The molecule has 2 heterocycles. The molecule has 0 aromatic heterocycles. The smallest absolute Gasteiger partial charge is 0.00390 e. The Morgan fingerprint density at radius 3 is 2.67 bits per heavy atom. The van der Waals surface area contributed by atoms with E-state index in [0.29, 0.717) is 5.41 Å². The van der Waals surface area contributed by atoms with Gasteiger partial charge in [0.2, 0.25) is 0 Å². The van der Waals surface area contributed by atoms with Gasteiger partial charge >= 0.3 is 0 Å². The van der Waals surface area contributed by atoms with E-state index in [1.807, 2.05) is 0 Å². The Hall–Kier alpha value is -0.0800. The molecular weight excluding hydrogens is 184 g/mol. The summed E-state index contributed by atoms with van der Waals surface area (Å²) >= 11 is 0. The third-order valence-corrected chi connectivity index (χ3v) is 4.62. The van der Waals surface area contributed by atoms with Gasteiger partial charge < -0.3 is 10.2 Å². The van der Waals surface area contributed by atoms with Crippen molar-refractivity contribution in [1.82, 2.24) is 10.2 Å². The molecule has 0 bridgehead atoms. The summed E-state index contributed by atoms with van der Waals surface area (Å²) in [7, 11) is 0. The molecule has 1 N–H and O–H groups in total. The quantitative estimate of drug-likeness (QED) is 0.745. The largest absolute Gasteiger partial charge is 0.317 e. The maximum Gasteiger partial charge on any atom is 0.00390 e.